The molecule has 1 amide bonds. The number of halogens is 1. The molecule has 16 heavy (non-hydrogen) atoms. The Kier molecular flexibility index (Phi) is 4.19. The van der Waals surface area contributed by atoms with E-state index in [4.69, 9.17) is 16.3 Å². The molecule has 0 saturated carbocycles. The molecule has 0 heterocycles. The van der Waals surface area contributed by atoms with Crippen LogP contribution < -0.4 is 10.1 Å². The molecule has 0 atom stereocenters. The van der Waals surface area contributed by atoms with Crippen LogP contribution in [0.4, 0.5) is 5.69 Å². The van der Waals surface area contributed by atoms with Gasteiger partial charge in [-0.05, 0) is 26.0 Å². The number of alkyl halides is 1. The monoisotopic (exact) mass is 241 g/mol. The highest BCUT2D eigenvalue weighted by Crippen LogP contribution is 2.26. The maximum absolute atomic E-state index is 11.9. The molecule has 1 aromatic rings. The molecule has 0 unspecified atom stereocenters. The van der Waals surface area contributed by atoms with E-state index < -0.39 is 5.41 Å². The second-order valence-electron chi connectivity index (χ2n) is 4.17. The summed E-state index contributed by atoms with van der Waals surface area (Å²) in [5, 5.41) is 2.80. The summed E-state index contributed by atoms with van der Waals surface area (Å²) in [6.07, 6.45) is 0. The maximum atomic E-state index is 11.9. The van der Waals surface area contributed by atoms with Crippen molar-refractivity contribution in [3.05, 3.63) is 24.3 Å². The van der Waals surface area contributed by atoms with Crippen LogP contribution in [0.5, 0.6) is 5.75 Å². The molecule has 1 aromatic carbocycles. The van der Waals surface area contributed by atoms with E-state index in [1.165, 1.54) is 0 Å². The van der Waals surface area contributed by atoms with Crippen molar-refractivity contribution in [2.45, 2.75) is 13.8 Å². The quantitative estimate of drug-likeness (QED) is 0.824. The molecule has 0 saturated heterocycles. The van der Waals surface area contributed by atoms with Crippen molar-refractivity contribution < 1.29 is 9.53 Å². The van der Waals surface area contributed by atoms with Crippen molar-refractivity contribution in [3.63, 3.8) is 0 Å². The summed E-state index contributed by atoms with van der Waals surface area (Å²) < 4.78 is 5.14. The zero-order valence-corrected chi connectivity index (χ0v) is 10.5. The highest BCUT2D eigenvalue weighted by molar-refractivity contribution is 6.20. The van der Waals surface area contributed by atoms with Crippen LogP contribution in [0.2, 0.25) is 0 Å². The molecule has 0 aliphatic heterocycles. The molecule has 4 heteroatoms. The van der Waals surface area contributed by atoms with Crippen LogP contribution in [0.15, 0.2) is 24.3 Å². The number of nitrogens with one attached hydrogen (secondary N) is 1. The molecular weight excluding hydrogens is 226 g/mol. The van der Waals surface area contributed by atoms with Crippen LogP contribution in [0.3, 0.4) is 0 Å². The number of hydrogen-bond acceptors (Lipinski definition) is 2. The Bertz CT molecular complexity index is 377. The average Bonchev–Trinajstić information content (AvgIpc) is 2.29. The van der Waals surface area contributed by atoms with Crippen LogP contribution in [-0.2, 0) is 4.79 Å². The number of carbonyl (C=O) groups excluding carboxylic acids is 1. The van der Waals surface area contributed by atoms with Crippen molar-refractivity contribution in [1.29, 1.82) is 0 Å². The standard InChI is InChI=1S/C12H16ClNO2/c1-12(2,8-13)11(15)14-9-6-4-5-7-10(9)16-3/h4-7H,8H2,1-3H3,(H,14,15). The fraction of sp³-hybridized carbons (Fsp3) is 0.417. The minimum atomic E-state index is -0.595. The van der Waals surface area contributed by atoms with Gasteiger partial charge in [-0.25, -0.2) is 0 Å². The SMILES string of the molecule is COc1ccccc1NC(=O)C(C)(C)CCl. The predicted octanol–water partition coefficient (Wildman–Crippen LogP) is 2.90. The van der Waals surface area contributed by atoms with Crippen molar-refractivity contribution in [1.82, 2.24) is 0 Å². The van der Waals surface area contributed by atoms with Crippen LogP contribution in [0, 0.1) is 5.41 Å². The van der Waals surface area contributed by atoms with E-state index in [-0.39, 0.29) is 11.8 Å². The van der Waals surface area contributed by atoms with E-state index >= 15 is 0 Å². The molecule has 0 bridgehead atoms. The van der Waals surface area contributed by atoms with Crippen LogP contribution in [-0.4, -0.2) is 18.9 Å². The lowest BCUT2D eigenvalue weighted by Gasteiger charge is -2.21. The number of methoxy groups -OCH3 is 1. The second kappa shape index (κ2) is 5.21. The minimum absolute atomic E-state index is 0.119. The van der Waals surface area contributed by atoms with Crippen molar-refractivity contribution in [3.8, 4) is 5.75 Å². The fourth-order valence-electron chi connectivity index (χ4n) is 1.10. The highest BCUT2D eigenvalue weighted by Gasteiger charge is 2.27. The summed E-state index contributed by atoms with van der Waals surface area (Å²) in [6, 6.07) is 7.28. The first-order chi connectivity index (χ1) is 7.51. The number of benzene rings is 1. The zero-order chi connectivity index (χ0) is 12.2. The largest absolute Gasteiger partial charge is 0.495 e. The third-order valence-electron chi connectivity index (χ3n) is 2.30. The molecular formula is C12H16ClNO2. The van der Waals surface area contributed by atoms with Gasteiger partial charge in [-0.1, -0.05) is 12.1 Å². The van der Waals surface area contributed by atoms with Gasteiger partial charge in [-0.15, -0.1) is 11.6 Å². The van der Waals surface area contributed by atoms with Gasteiger partial charge < -0.3 is 10.1 Å². The molecule has 3 nitrogen and oxygen atoms in total. The number of hydrogen-bond donors (Lipinski definition) is 1. The van der Waals surface area contributed by atoms with Gasteiger partial charge in [0.1, 0.15) is 5.75 Å². The second-order valence-corrected chi connectivity index (χ2v) is 4.44. The summed E-state index contributed by atoms with van der Waals surface area (Å²) >= 11 is 5.74. The summed E-state index contributed by atoms with van der Waals surface area (Å²) in [6.45, 7) is 3.59. The lowest BCUT2D eigenvalue weighted by atomic mass is 9.95. The van der Waals surface area contributed by atoms with Gasteiger partial charge in [-0.2, -0.15) is 0 Å². The molecule has 88 valence electrons. The maximum Gasteiger partial charge on any atom is 0.231 e. The molecule has 0 aliphatic rings. The van der Waals surface area contributed by atoms with E-state index in [2.05, 4.69) is 5.32 Å². The number of carbonyl (C=O) groups is 1. The summed E-state index contributed by atoms with van der Waals surface area (Å²) in [5.74, 6) is 0.793. The summed E-state index contributed by atoms with van der Waals surface area (Å²) in [5.41, 5.74) is 0.0655. The fourth-order valence-corrected chi connectivity index (χ4v) is 1.22. The van der Waals surface area contributed by atoms with Gasteiger partial charge in [-0.3, -0.25) is 4.79 Å². The van der Waals surface area contributed by atoms with Crippen molar-refractivity contribution in [2.24, 2.45) is 5.41 Å². The van der Waals surface area contributed by atoms with Crippen LogP contribution >= 0.6 is 11.6 Å². The van der Waals surface area contributed by atoms with Gasteiger partial charge in [0.15, 0.2) is 0 Å². The number of para-hydroxylation sites is 2. The Morgan fingerprint density at radius 1 is 1.44 bits per heavy atom. The van der Waals surface area contributed by atoms with E-state index in [0.29, 0.717) is 11.4 Å². The van der Waals surface area contributed by atoms with Crippen molar-refractivity contribution >= 4 is 23.2 Å². The van der Waals surface area contributed by atoms with Gasteiger partial charge in [0.05, 0.1) is 18.2 Å². The smallest absolute Gasteiger partial charge is 0.231 e. The molecule has 0 spiro atoms. The molecule has 0 aliphatic carbocycles. The lowest BCUT2D eigenvalue weighted by Crippen LogP contribution is -2.32. The van der Waals surface area contributed by atoms with Crippen LogP contribution in [0.25, 0.3) is 0 Å². The van der Waals surface area contributed by atoms with E-state index in [0.717, 1.165) is 0 Å². The molecule has 1 rings (SSSR count). The lowest BCUT2D eigenvalue weighted by molar-refractivity contribution is -0.122. The number of rotatable bonds is 4. The van der Waals surface area contributed by atoms with Crippen molar-refractivity contribution in [2.75, 3.05) is 18.3 Å². The molecule has 0 radical (unpaired) electrons. The summed E-state index contributed by atoms with van der Waals surface area (Å²) in [7, 11) is 1.57. The third-order valence-corrected chi connectivity index (χ3v) is 2.97. The third kappa shape index (κ3) is 2.89. The zero-order valence-electron chi connectivity index (χ0n) is 9.71. The molecule has 0 fully saturated rings. The van der Waals surface area contributed by atoms with Crippen LogP contribution in [0.1, 0.15) is 13.8 Å². The Hall–Kier alpha value is -1.22. The first kappa shape index (κ1) is 12.8. The average molecular weight is 242 g/mol. The van der Waals surface area contributed by atoms with Gasteiger partial charge in [0.25, 0.3) is 0 Å². The topological polar surface area (TPSA) is 38.3 Å². The first-order valence-corrected chi connectivity index (χ1v) is 5.55. The first-order valence-electron chi connectivity index (χ1n) is 5.01. The van der Waals surface area contributed by atoms with E-state index in [9.17, 15) is 4.79 Å². The van der Waals surface area contributed by atoms with Gasteiger partial charge in [0, 0.05) is 5.88 Å². The Morgan fingerprint density at radius 3 is 2.62 bits per heavy atom. The van der Waals surface area contributed by atoms with E-state index in [1.807, 2.05) is 12.1 Å². The predicted molar refractivity (Wildman–Crippen MR) is 66.1 cm³/mol. The summed E-state index contributed by atoms with van der Waals surface area (Å²) in [4.78, 5) is 11.9. The van der Waals surface area contributed by atoms with Gasteiger partial charge >= 0.3 is 0 Å². The Labute approximate surface area is 101 Å². The number of ether oxygens (including phenoxy) is 1. The number of anilines is 1. The molecule has 0 aromatic heterocycles. The number of amides is 1. The Morgan fingerprint density at radius 2 is 2.06 bits per heavy atom. The normalized spacial score (nSPS) is 11.0. The Balaban J connectivity index is 2.85. The van der Waals surface area contributed by atoms with Gasteiger partial charge in [0.2, 0.25) is 5.91 Å². The molecule has 1 N–H and O–H groups in total. The highest BCUT2D eigenvalue weighted by atomic mass is 35.5. The minimum Gasteiger partial charge on any atom is -0.495 e. The van der Waals surface area contributed by atoms with E-state index in [1.54, 1.807) is 33.1 Å².